The van der Waals surface area contributed by atoms with Crippen molar-refractivity contribution in [2.24, 2.45) is 0 Å². The number of rotatable bonds is 8. The van der Waals surface area contributed by atoms with E-state index in [1.165, 1.54) is 0 Å². The maximum absolute atomic E-state index is 12.5. The first-order chi connectivity index (χ1) is 23.1. The third-order valence-corrected chi connectivity index (χ3v) is 9.19. The molecule has 12 heteroatoms. The first-order valence-electron chi connectivity index (χ1n) is 17.4. The Labute approximate surface area is 285 Å². The van der Waals surface area contributed by atoms with Gasteiger partial charge in [0, 0.05) is 88.0 Å². The zero-order chi connectivity index (χ0) is 34.4. The number of nitrogens with one attached hydrogen (secondary N) is 3. The molecule has 48 heavy (non-hydrogen) atoms. The number of nitrogens with zero attached hydrogens (tertiary/aromatic N) is 5. The van der Waals surface area contributed by atoms with Crippen LogP contribution in [0.25, 0.3) is 5.70 Å². The molecule has 262 valence electrons. The number of fused-ring (bicyclic) bond motifs is 2. The molecule has 3 fully saturated rings. The maximum atomic E-state index is 12.5. The fourth-order valence-electron chi connectivity index (χ4n) is 6.97. The number of phenols is 1. The van der Waals surface area contributed by atoms with E-state index >= 15 is 0 Å². The first kappa shape index (κ1) is 35.0. The zero-order valence-corrected chi connectivity index (χ0v) is 29.6. The van der Waals surface area contributed by atoms with Crippen molar-refractivity contribution in [2.75, 3.05) is 57.8 Å². The van der Waals surface area contributed by atoms with E-state index in [1.54, 1.807) is 11.0 Å². The standard InChI is InChI=1S/C34H48N8O4.C2H6/c1-23-20-40(33(44)46-34(2,3)4)15-14-39(23)16-17-45-31-18-24(12-13-36-31)42-25-10-11-26(42)22-41(21-25)29-19-28(37-38-32(29)35-5)27-8-6-7-9-30(27)43;1-2/h6-9,12-13,18-19,23,25-26,35,37-38,43H,10-11,14-17,20-22H2,1-5H3;1-2H3. The molecule has 5 heterocycles. The molecule has 2 bridgehead atoms. The molecular weight excluding hydrogens is 608 g/mol. The van der Waals surface area contributed by atoms with E-state index in [1.807, 2.05) is 66.1 Å². The van der Waals surface area contributed by atoms with Gasteiger partial charge in [0.15, 0.2) is 0 Å². The van der Waals surface area contributed by atoms with Crippen LogP contribution < -0.4 is 25.8 Å². The maximum Gasteiger partial charge on any atom is 0.410 e. The van der Waals surface area contributed by atoms with Gasteiger partial charge in [-0.1, -0.05) is 26.0 Å². The largest absolute Gasteiger partial charge is 0.507 e. The first-order valence-corrected chi connectivity index (χ1v) is 17.4. The fraction of sp³-hybridized carbons (Fsp3) is 0.556. The van der Waals surface area contributed by atoms with Crippen LogP contribution in [0.3, 0.4) is 0 Å². The summed E-state index contributed by atoms with van der Waals surface area (Å²) in [6.45, 7) is 17.0. The Hall–Kier alpha value is -4.32. The van der Waals surface area contributed by atoms with Crippen LogP contribution >= 0.6 is 0 Å². The highest BCUT2D eigenvalue weighted by atomic mass is 16.6. The number of anilines is 1. The Bertz CT molecular complexity index is 1460. The van der Waals surface area contributed by atoms with Crippen molar-refractivity contribution in [2.45, 2.75) is 78.1 Å². The molecule has 4 N–H and O–H groups in total. The Morgan fingerprint density at radius 1 is 1.06 bits per heavy atom. The number of para-hydroxylation sites is 1. The molecule has 1 aromatic heterocycles. The van der Waals surface area contributed by atoms with Crippen molar-refractivity contribution < 1.29 is 19.4 Å². The van der Waals surface area contributed by atoms with Crippen molar-refractivity contribution in [3.63, 3.8) is 0 Å². The predicted octanol–water partition coefficient (Wildman–Crippen LogP) is 4.32. The molecule has 0 spiro atoms. The summed E-state index contributed by atoms with van der Waals surface area (Å²) < 4.78 is 11.7. The van der Waals surface area contributed by atoms with Gasteiger partial charge < -0.3 is 34.6 Å². The molecule has 3 saturated heterocycles. The highest BCUT2D eigenvalue weighted by Gasteiger charge is 2.41. The summed E-state index contributed by atoms with van der Waals surface area (Å²) >= 11 is 0. The number of likely N-dealkylation sites (tertiary alicyclic amines) is 1. The van der Waals surface area contributed by atoms with Crippen LogP contribution in [0.1, 0.15) is 59.9 Å². The Balaban J connectivity index is 0.00000221. The number of pyridine rings is 1. The van der Waals surface area contributed by atoms with E-state index in [2.05, 4.69) is 61.0 Å². The zero-order valence-electron chi connectivity index (χ0n) is 29.6. The van der Waals surface area contributed by atoms with Crippen molar-refractivity contribution in [1.82, 2.24) is 35.9 Å². The topological polar surface area (TPSA) is 118 Å². The third-order valence-electron chi connectivity index (χ3n) is 9.19. The summed E-state index contributed by atoms with van der Waals surface area (Å²) in [5, 5.41) is 13.7. The van der Waals surface area contributed by atoms with E-state index in [0.717, 1.165) is 67.5 Å². The number of ether oxygens (including phenoxy) is 2. The number of piperazine rings is 2. The summed E-state index contributed by atoms with van der Waals surface area (Å²) in [4.78, 5) is 26.2. The molecule has 3 unspecified atom stereocenters. The molecule has 6 rings (SSSR count). The van der Waals surface area contributed by atoms with Gasteiger partial charge >= 0.3 is 6.09 Å². The lowest BCUT2D eigenvalue weighted by Gasteiger charge is -2.45. The third kappa shape index (κ3) is 8.03. The lowest BCUT2D eigenvalue weighted by atomic mass is 10.1. The van der Waals surface area contributed by atoms with Crippen LogP contribution in [0.5, 0.6) is 11.6 Å². The van der Waals surface area contributed by atoms with E-state index in [9.17, 15) is 9.90 Å². The van der Waals surface area contributed by atoms with Gasteiger partial charge in [0.25, 0.3) is 0 Å². The lowest BCUT2D eigenvalue weighted by Crippen LogP contribution is -2.55. The molecular formula is C36H54N8O4. The van der Waals surface area contributed by atoms with Gasteiger partial charge in [0.2, 0.25) is 5.88 Å². The van der Waals surface area contributed by atoms with Gasteiger partial charge in [0.1, 0.15) is 23.8 Å². The second-order valence-electron chi connectivity index (χ2n) is 13.5. The molecule has 4 aliphatic heterocycles. The average Bonchev–Trinajstić information content (AvgIpc) is 3.34. The summed E-state index contributed by atoms with van der Waals surface area (Å²) in [6, 6.07) is 12.5. The summed E-state index contributed by atoms with van der Waals surface area (Å²) in [5.74, 6) is 1.79. The van der Waals surface area contributed by atoms with Crippen molar-refractivity contribution >= 4 is 17.5 Å². The van der Waals surface area contributed by atoms with Crippen LogP contribution in [0.4, 0.5) is 10.5 Å². The number of aromatic nitrogens is 1. The van der Waals surface area contributed by atoms with Gasteiger partial charge in [-0.3, -0.25) is 15.8 Å². The summed E-state index contributed by atoms with van der Waals surface area (Å²) in [7, 11) is 1.91. The number of hydrazine groups is 1. The number of carbonyl (C=O) groups is 1. The Kier molecular flexibility index (Phi) is 11.1. The number of allylic oxidation sites excluding steroid dienone is 1. The quantitative estimate of drug-likeness (QED) is 0.324. The van der Waals surface area contributed by atoms with Crippen LogP contribution in [0, 0.1) is 0 Å². The highest BCUT2D eigenvalue weighted by Crippen LogP contribution is 2.38. The number of benzene rings is 1. The van der Waals surface area contributed by atoms with Crippen LogP contribution in [-0.4, -0.2) is 108 Å². The fourth-order valence-corrected chi connectivity index (χ4v) is 6.97. The number of aromatic hydroxyl groups is 1. The van der Waals surface area contributed by atoms with Gasteiger partial charge in [-0.15, -0.1) is 0 Å². The molecule has 0 saturated carbocycles. The predicted molar refractivity (Wildman–Crippen MR) is 189 cm³/mol. The minimum atomic E-state index is -0.492. The Morgan fingerprint density at radius 2 is 1.79 bits per heavy atom. The molecule has 1 amide bonds. The van der Waals surface area contributed by atoms with Gasteiger partial charge in [-0.2, -0.15) is 0 Å². The van der Waals surface area contributed by atoms with Crippen molar-refractivity contribution in [3.8, 4) is 11.6 Å². The lowest BCUT2D eigenvalue weighted by molar-refractivity contribution is 0.00424. The minimum Gasteiger partial charge on any atom is -0.507 e. The van der Waals surface area contributed by atoms with Crippen LogP contribution in [-0.2, 0) is 4.74 Å². The number of hydrogen-bond donors (Lipinski definition) is 4. The second-order valence-corrected chi connectivity index (χ2v) is 13.5. The SMILES string of the molecule is CC.CNC1=C(N2CC3CCC(C2)N3c2ccnc(OCCN3CCN(C(=O)OC(C)(C)C)CC3C)c2)C=C(c2ccccc2O)NN1. The number of amides is 1. The summed E-state index contributed by atoms with van der Waals surface area (Å²) in [6.07, 6.45) is 5.96. The van der Waals surface area contributed by atoms with E-state index in [4.69, 9.17) is 9.47 Å². The molecule has 12 nitrogen and oxygen atoms in total. The number of hydrogen-bond acceptors (Lipinski definition) is 11. The minimum absolute atomic E-state index is 0.217. The molecule has 1 aromatic carbocycles. The van der Waals surface area contributed by atoms with Crippen LogP contribution in [0.15, 0.2) is 60.2 Å². The van der Waals surface area contributed by atoms with E-state index in [-0.39, 0.29) is 17.9 Å². The molecule has 0 radical (unpaired) electrons. The summed E-state index contributed by atoms with van der Waals surface area (Å²) in [5.41, 5.74) is 9.83. The van der Waals surface area contributed by atoms with Gasteiger partial charge in [-0.05, 0) is 64.8 Å². The molecule has 2 aromatic rings. The Morgan fingerprint density at radius 3 is 2.46 bits per heavy atom. The average molecular weight is 663 g/mol. The van der Waals surface area contributed by atoms with Gasteiger partial charge in [-0.25, -0.2) is 9.78 Å². The van der Waals surface area contributed by atoms with E-state index in [0.29, 0.717) is 37.7 Å². The van der Waals surface area contributed by atoms with Gasteiger partial charge in [0.05, 0.1) is 11.4 Å². The number of carbonyl (C=O) groups excluding carboxylic acids is 1. The van der Waals surface area contributed by atoms with Crippen molar-refractivity contribution in [1.29, 1.82) is 0 Å². The monoisotopic (exact) mass is 662 g/mol. The molecule has 3 atom stereocenters. The van der Waals surface area contributed by atoms with Crippen molar-refractivity contribution in [3.05, 3.63) is 65.8 Å². The van der Waals surface area contributed by atoms with Crippen LogP contribution in [0.2, 0.25) is 0 Å². The highest BCUT2D eigenvalue weighted by molar-refractivity contribution is 5.72. The van der Waals surface area contributed by atoms with E-state index < -0.39 is 5.60 Å². The second kappa shape index (κ2) is 15.3. The normalized spacial score (nSPS) is 22.6. The number of phenolic OH excluding ortho intramolecular Hbond substituents is 1. The molecule has 0 aliphatic carbocycles. The smallest absolute Gasteiger partial charge is 0.410 e. The molecule has 4 aliphatic rings.